The molecule has 0 aliphatic carbocycles. The molecule has 0 aliphatic rings. The van der Waals surface area contributed by atoms with E-state index in [4.69, 9.17) is 9.47 Å². The summed E-state index contributed by atoms with van der Waals surface area (Å²) >= 11 is 0. The Kier molecular flexibility index (Phi) is 9.19. The first-order valence-electron chi connectivity index (χ1n) is 7.01. The van der Waals surface area contributed by atoms with Crippen LogP contribution in [0.2, 0.25) is 0 Å². The average molecular weight is 283 g/mol. The predicted octanol–water partition coefficient (Wildman–Crippen LogP) is 0.724. The Morgan fingerprint density at radius 3 is 2.45 bits per heavy atom. The van der Waals surface area contributed by atoms with Crippen molar-refractivity contribution in [2.24, 2.45) is 0 Å². The van der Waals surface area contributed by atoms with Crippen LogP contribution >= 0.6 is 0 Å². The Morgan fingerprint density at radius 1 is 1.05 bits per heavy atom. The van der Waals surface area contributed by atoms with E-state index in [1.54, 1.807) is 0 Å². The monoisotopic (exact) mass is 283 g/mol. The van der Waals surface area contributed by atoms with Crippen LogP contribution in [0.4, 0.5) is 0 Å². The third-order valence-electron chi connectivity index (χ3n) is 2.79. The lowest BCUT2D eigenvalue weighted by Gasteiger charge is -2.15. The summed E-state index contributed by atoms with van der Waals surface area (Å²) in [6.07, 6.45) is -1.15. The molecule has 2 atom stereocenters. The molecule has 0 spiro atoms. The van der Waals surface area contributed by atoms with Crippen molar-refractivity contribution in [3.63, 3.8) is 0 Å². The maximum absolute atomic E-state index is 9.91. The van der Waals surface area contributed by atoms with Gasteiger partial charge < -0.3 is 25.0 Å². The predicted molar refractivity (Wildman–Crippen MR) is 77.6 cm³/mol. The standard InChI is InChI=1S/C15H25NO4/c1-2-19-8-9-20-12-14(17)10-16-11-15(18)13-6-4-3-5-7-13/h3-7,14-18H,2,8-12H2,1H3. The summed E-state index contributed by atoms with van der Waals surface area (Å²) in [5.74, 6) is 0. The van der Waals surface area contributed by atoms with Crippen molar-refractivity contribution in [2.45, 2.75) is 19.1 Å². The lowest BCUT2D eigenvalue weighted by molar-refractivity contribution is 0.00570. The highest BCUT2D eigenvalue weighted by atomic mass is 16.5. The fraction of sp³-hybridized carbons (Fsp3) is 0.600. The minimum absolute atomic E-state index is 0.265. The molecule has 0 bridgehead atoms. The largest absolute Gasteiger partial charge is 0.389 e. The molecule has 2 unspecified atom stereocenters. The lowest BCUT2D eigenvalue weighted by Crippen LogP contribution is -2.33. The zero-order chi connectivity index (χ0) is 14.6. The smallest absolute Gasteiger partial charge is 0.0914 e. The molecular weight excluding hydrogens is 258 g/mol. The Hall–Kier alpha value is -0.980. The molecule has 1 aromatic rings. The van der Waals surface area contributed by atoms with Crippen LogP contribution in [-0.2, 0) is 9.47 Å². The molecule has 20 heavy (non-hydrogen) atoms. The van der Waals surface area contributed by atoms with Gasteiger partial charge in [-0.2, -0.15) is 0 Å². The highest BCUT2D eigenvalue weighted by molar-refractivity contribution is 5.17. The molecule has 0 radical (unpaired) electrons. The Bertz CT molecular complexity index is 334. The highest BCUT2D eigenvalue weighted by Gasteiger charge is 2.08. The summed E-state index contributed by atoms with van der Waals surface area (Å²) in [6.45, 7) is 4.68. The number of hydrogen-bond donors (Lipinski definition) is 3. The summed E-state index contributed by atoms with van der Waals surface area (Å²) in [5, 5.41) is 22.6. The van der Waals surface area contributed by atoms with Crippen LogP contribution < -0.4 is 5.32 Å². The molecule has 0 aliphatic heterocycles. The van der Waals surface area contributed by atoms with Gasteiger partial charge >= 0.3 is 0 Å². The van der Waals surface area contributed by atoms with Gasteiger partial charge in [-0.15, -0.1) is 0 Å². The molecule has 3 N–H and O–H groups in total. The fourth-order valence-corrected chi connectivity index (χ4v) is 1.72. The van der Waals surface area contributed by atoms with Crippen molar-refractivity contribution in [3.05, 3.63) is 35.9 Å². The van der Waals surface area contributed by atoms with E-state index in [-0.39, 0.29) is 6.61 Å². The molecule has 5 nitrogen and oxygen atoms in total. The number of aliphatic hydroxyl groups excluding tert-OH is 2. The molecule has 0 fully saturated rings. The molecule has 114 valence electrons. The van der Waals surface area contributed by atoms with Crippen LogP contribution in [0.15, 0.2) is 30.3 Å². The zero-order valence-electron chi connectivity index (χ0n) is 12.0. The molecule has 0 amide bonds. The van der Waals surface area contributed by atoms with Crippen molar-refractivity contribution < 1.29 is 19.7 Å². The number of benzene rings is 1. The van der Waals surface area contributed by atoms with Gasteiger partial charge in [-0.25, -0.2) is 0 Å². The van der Waals surface area contributed by atoms with E-state index in [0.29, 0.717) is 32.9 Å². The molecule has 5 heteroatoms. The van der Waals surface area contributed by atoms with Crippen molar-refractivity contribution in [1.82, 2.24) is 5.32 Å². The van der Waals surface area contributed by atoms with Crippen molar-refractivity contribution in [3.8, 4) is 0 Å². The Morgan fingerprint density at radius 2 is 1.75 bits per heavy atom. The van der Waals surface area contributed by atoms with E-state index < -0.39 is 12.2 Å². The normalized spacial score (nSPS) is 14.2. The molecule has 1 aromatic carbocycles. The number of aliphatic hydroxyl groups is 2. The van der Waals surface area contributed by atoms with Gasteiger partial charge in [-0.05, 0) is 12.5 Å². The first-order chi connectivity index (χ1) is 9.74. The number of ether oxygens (including phenoxy) is 2. The van der Waals surface area contributed by atoms with E-state index in [1.807, 2.05) is 37.3 Å². The van der Waals surface area contributed by atoms with Crippen molar-refractivity contribution >= 4 is 0 Å². The third kappa shape index (κ3) is 7.57. The molecular formula is C15H25NO4. The SMILES string of the molecule is CCOCCOCC(O)CNCC(O)c1ccccc1. The van der Waals surface area contributed by atoms with E-state index in [2.05, 4.69) is 5.32 Å². The number of hydrogen-bond acceptors (Lipinski definition) is 5. The number of nitrogens with one attached hydrogen (secondary N) is 1. The average Bonchev–Trinajstić information content (AvgIpc) is 2.48. The van der Waals surface area contributed by atoms with Gasteiger partial charge in [0.05, 0.1) is 32.0 Å². The fourth-order valence-electron chi connectivity index (χ4n) is 1.72. The second kappa shape index (κ2) is 10.8. The first-order valence-corrected chi connectivity index (χ1v) is 7.01. The third-order valence-corrected chi connectivity index (χ3v) is 2.79. The van der Waals surface area contributed by atoms with Gasteiger partial charge in [0.15, 0.2) is 0 Å². The topological polar surface area (TPSA) is 71.0 Å². The van der Waals surface area contributed by atoms with Gasteiger partial charge in [0.1, 0.15) is 0 Å². The molecule has 0 aromatic heterocycles. The van der Waals surface area contributed by atoms with Gasteiger partial charge in [-0.1, -0.05) is 30.3 Å². The van der Waals surface area contributed by atoms with Crippen LogP contribution in [-0.4, -0.2) is 55.8 Å². The molecule has 0 saturated carbocycles. The lowest BCUT2D eigenvalue weighted by atomic mass is 10.1. The second-order valence-electron chi connectivity index (χ2n) is 4.51. The van der Waals surface area contributed by atoms with Crippen molar-refractivity contribution in [2.75, 3.05) is 39.5 Å². The van der Waals surface area contributed by atoms with Crippen LogP contribution in [0, 0.1) is 0 Å². The van der Waals surface area contributed by atoms with E-state index in [0.717, 1.165) is 5.56 Å². The zero-order valence-corrected chi connectivity index (χ0v) is 12.0. The Balaban J connectivity index is 2.05. The van der Waals surface area contributed by atoms with Gasteiger partial charge in [-0.3, -0.25) is 0 Å². The van der Waals surface area contributed by atoms with Crippen LogP contribution in [0.3, 0.4) is 0 Å². The minimum Gasteiger partial charge on any atom is -0.389 e. The van der Waals surface area contributed by atoms with Crippen LogP contribution in [0.25, 0.3) is 0 Å². The molecule has 0 heterocycles. The molecule has 0 saturated heterocycles. The molecule has 1 rings (SSSR count). The highest BCUT2D eigenvalue weighted by Crippen LogP contribution is 2.10. The maximum Gasteiger partial charge on any atom is 0.0914 e. The van der Waals surface area contributed by atoms with Gasteiger partial charge in [0, 0.05) is 19.7 Å². The van der Waals surface area contributed by atoms with Crippen LogP contribution in [0.5, 0.6) is 0 Å². The van der Waals surface area contributed by atoms with E-state index >= 15 is 0 Å². The maximum atomic E-state index is 9.91. The van der Waals surface area contributed by atoms with Crippen LogP contribution in [0.1, 0.15) is 18.6 Å². The summed E-state index contributed by atoms with van der Waals surface area (Å²) in [7, 11) is 0. The van der Waals surface area contributed by atoms with Crippen molar-refractivity contribution in [1.29, 1.82) is 0 Å². The Labute approximate surface area is 120 Å². The summed E-state index contributed by atoms with van der Waals surface area (Å²) in [6, 6.07) is 9.44. The summed E-state index contributed by atoms with van der Waals surface area (Å²) in [5.41, 5.74) is 0.863. The van der Waals surface area contributed by atoms with E-state index in [1.165, 1.54) is 0 Å². The van der Waals surface area contributed by atoms with Gasteiger partial charge in [0.25, 0.3) is 0 Å². The second-order valence-corrected chi connectivity index (χ2v) is 4.51. The summed E-state index contributed by atoms with van der Waals surface area (Å²) in [4.78, 5) is 0. The van der Waals surface area contributed by atoms with Gasteiger partial charge in [0.2, 0.25) is 0 Å². The van der Waals surface area contributed by atoms with E-state index in [9.17, 15) is 10.2 Å². The summed E-state index contributed by atoms with van der Waals surface area (Å²) < 4.78 is 10.4. The first kappa shape index (κ1) is 17.1. The number of rotatable bonds is 11. The quantitative estimate of drug-likeness (QED) is 0.522. The minimum atomic E-state index is -0.584.